The smallest absolute Gasteiger partial charge is 0.266 e. The van der Waals surface area contributed by atoms with E-state index < -0.39 is 5.67 Å². The second kappa shape index (κ2) is 6.37. The van der Waals surface area contributed by atoms with Crippen LogP contribution in [0.3, 0.4) is 0 Å². The molecule has 1 aromatic carbocycles. The number of halogens is 1. The Morgan fingerprint density at radius 2 is 2.23 bits per heavy atom. The summed E-state index contributed by atoms with van der Waals surface area (Å²) >= 11 is 0. The fourth-order valence-electron chi connectivity index (χ4n) is 3.52. The number of aromatic nitrogens is 2. The first kappa shape index (κ1) is 17.0. The van der Waals surface area contributed by atoms with Gasteiger partial charge in [0.1, 0.15) is 5.75 Å². The lowest BCUT2D eigenvalue weighted by molar-refractivity contribution is 0.0152. The molecule has 1 aliphatic heterocycles. The molecule has 1 atom stereocenters. The molecule has 1 unspecified atom stereocenters. The zero-order chi connectivity index (χ0) is 18.3. The van der Waals surface area contributed by atoms with E-state index in [0.717, 1.165) is 18.4 Å². The summed E-state index contributed by atoms with van der Waals surface area (Å²) in [5.74, 6) is 1.33. The SMILES string of the molecule is COc1cccc(C(=O)N2CCCC(F)(c3nc(C4CC4)no3)C2)c1C. The fraction of sp³-hybridized carbons (Fsp3) is 0.526. The van der Waals surface area contributed by atoms with E-state index in [9.17, 15) is 4.79 Å². The lowest BCUT2D eigenvalue weighted by Crippen LogP contribution is -2.46. The number of carbonyl (C=O) groups excluding carboxylic acids is 1. The quantitative estimate of drug-likeness (QED) is 0.837. The van der Waals surface area contributed by atoms with Crippen LogP contribution in [0.2, 0.25) is 0 Å². The minimum Gasteiger partial charge on any atom is -0.496 e. The Kier molecular flexibility index (Phi) is 4.17. The van der Waals surface area contributed by atoms with Crippen LogP contribution in [0.1, 0.15) is 59.2 Å². The summed E-state index contributed by atoms with van der Waals surface area (Å²) in [5.41, 5.74) is -0.512. The van der Waals surface area contributed by atoms with Crippen LogP contribution in [0, 0.1) is 6.92 Å². The van der Waals surface area contributed by atoms with E-state index in [0.29, 0.717) is 36.0 Å². The molecule has 0 bridgehead atoms. The summed E-state index contributed by atoms with van der Waals surface area (Å²) < 4.78 is 26.1. The first-order valence-corrected chi connectivity index (χ1v) is 8.98. The molecule has 138 valence electrons. The number of piperidine rings is 1. The van der Waals surface area contributed by atoms with Crippen LogP contribution in [0.15, 0.2) is 22.7 Å². The Morgan fingerprint density at radius 3 is 2.96 bits per heavy atom. The van der Waals surface area contributed by atoms with Crippen LogP contribution in [0.5, 0.6) is 5.75 Å². The van der Waals surface area contributed by atoms with Gasteiger partial charge in [-0.1, -0.05) is 11.2 Å². The number of benzene rings is 1. The number of likely N-dealkylation sites (tertiary alicyclic amines) is 1. The Morgan fingerprint density at radius 1 is 1.42 bits per heavy atom. The Labute approximate surface area is 151 Å². The highest BCUT2D eigenvalue weighted by Crippen LogP contribution is 2.41. The van der Waals surface area contributed by atoms with Crippen molar-refractivity contribution in [2.24, 2.45) is 0 Å². The van der Waals surface area contributed by atoms with Gasteiger partial charge >= 0.3 is 0 Å². The third-order valence-corrected chi connectivity index (χ3v) is 5.23. The number of nitrogens with zero attached hydrogens (tertiary/aromatic N) is 3. The van der Waals surface area contributed by atoms with Gasteiger partial charge in [-0.2, -0.15) is 4.98 Å². The van der Waals surface area contributed by atoms with Crippen LogP contribution in [0.25, 0.3) is 0 Å². The minimum absolute atomic E-state index is 0.000681. The maximum atomic E-state index is 15.6. The van der Waals surface area contributed by atoms with Gasteiger partial charge in [-0.3, -0.25) is 4.79 Å². The van der Waals surface area contributed by atoms with E-state index >= 15 is 4.39 Å². The summed E-state index contributed by atoms with van der Waals surface area (Å²) in [6.45, 7) is 2.26. The van der Waals surface area contributed by atoms with Crippen molar-refractivity contribution in [2.45, 2.75) is 44.2 Å². The zero-order valence-corrected chi connectivity index (χ0v) is 15.0. The van der Waals surface area contributed by atoms with Gasteiger partial charge < -0.3 is 14.2 Å². The molecule has 2 fully saturated rings. The number of alkyl halides is 1. The number of methoxy groups -OCH3 is 1. The van der Waals surface area contributed by atoms with E-state index in [1.165, 1.54) is 4.90 Å². The number of amides is 1. The number of hydrogen-bond acceptors (Lipinski definition) is 5. The summed E-state index contributed by atoms with van der Waals surface area (Å²) in [6, 6.07) is 5.32. The molecule has 26 heavy (non-hydrogen) atoms. The van der Waals surface area contributed by atoms with Gasteiger partial charge in [-0.25, -0.2) is 4.39 Å². The van der Waals surface area contributed by atoms with Gasteiger partial charge in [0.15, 0.2) is 5.82 Å². The van der Waals surface area contributed by atoms with E-state index in [2.05, 4.69) is 10.1 Å². The van der Waals surface area contributed by atoms with E-state index in [1.807, 2.05) is 6.92 Å². The van der Waals surface area contributed by atoms with Crippen LogP contribution >= 0.6 is 0 Å². The monoisotopic (exact) mass is 359 g/mol. The van der Waals surface area contributed by atoms with Gasteiger partial charge in [0.2, 0.25) is 5.67 Å². The largest absolute Gasteiger partial charge is 0.496 e. The molecule has 1 aliphatic carbocycles. The second-order valence-electron chi connectivity index (χ2n) is 7.16. The Balaban J connectivity index is 1.56. The standard InChI is InChI=1S/C19H22FN3O3/c1-12-14(5-3-6-15(12)25-2)17(24)23-10-4-9-19(20,11-23)18-21-16(22-26-18)13-7-8-13/h3,5-6,13H,4,7-11H2,1-2H3. The van der Waals surface area contributed by atoms with Gasteiger partial charge in [0.25, 0.3) is 11.8 Å². The molecule has 6 nitrogen and oxygen atoms in total. The average Bonchev–Trinajstić information content (AvgIpc) is 3.37. The first-order chi connectivity index (χ1) is 12.5. The predicted octanol–water partition coefficient (Wildman–Crippen LogP) is 3.37. The van der Waals surface area contributed by atoms with Crippen LogP contribution in [-0.4, -0.2) is 41.1 Å². The van der Waals surface area contributed by atoms with Crippen molar-refractivity contribution in [3.8, 4) is 5.75 Å². The molecule has 4 rings (SSSR count). The molecular weight excluding hydrogens is 337 g/mol. The lowest BCUT2D eigenvalue weighted by atomic mass is 9.93. The molecule has 2 heterocycles. The molecule has 1 saturated heterocycles. The fourth-order valence-corrected chi connectivity index (χ4v) is 3.52. The number of hydrogen-bond donors (Lipinski definition) is 0. The first-order valence-electron chi connectivity index (χ1n) is 8.98. The van der Waals surface area contributed by atoms with Crippen molar-refractivity contribution in [3.05, 3.63) is 41.0 Å². The minimum atomic E-state index is -1.79. The third kappa shape index (κ3) is 2.95. The number of ether oxygens (including phenoxy) is 1. The predicted molar refractivity (Wildman–Crippen MR) is 91.9 cm³/mol. The number of carbonyl (C=O) groups is 1. The van der Waals surface area contributed by atoms with Crippen molar-refractivity contribution in [1.82, 2.24) is 15.0 Å². The maximum absolute atomic E-state index is 15.6. The molecule has 1 amide bonds. The van der Waals surface area contributed by atoms with Gasteiger partial charge in [0, 0.05) is 23.6 Å². The van der Waals surface area contributed by atoms with E-state index in [4.69, 9.17) is 9.26 Å². The Bertz CT molecular complexity index is 833. The van der Waals surface area contributed by atoms with Crippen molar-refractivity contribution in [3.63, 3.8) is 0 Å². The maximum Gasteiger partial charge on any atom is 0.266 e. The highest BCUT2D eigenvalue weighted by Gasteiger charge is 2.45. The molecule has 7 heteroatoms. The second-order valence-corrected chi connectivity index (χ2v) is 7.16. The molecule has 1 aromatic heterocycles. The summed E-state index contributed by atoms with van der Waals surface area (Å²) in [4.78, 5) is 18.8. The molecule has 0 radical (unpaired) electrons. The van der Waals surface area contributed by atoms with Crippen LogP contribution < -0.4 is 4.74 Å². The van der Waals surface area contributed by atoms with Crippen molar-refractivity contribution in [2.75, 3.05) is 20.2 Å². The average molecular weight is 359 g/mol. The number of rotatable bonds is 4. The summed E-state index contributed by atoms with van der Waals surface area (Å²) in [6.07, 6.45) is 2.88. The van der Waals surface area contributed by atoms with Gasteiger partial charge in [-0.15, -0.1) is 0 Å². The van der Waals surface area contributed by atoms with Gasteiger partial charge in [0.05, 0.1) is 13.7 Å². The topological polar surface area (TPSA) is 68.5 Å². The molecule has 1 saturated carbocycles. The molecule has 0 spiro atoms. The highest BCUT2D eigenvalue weighted by atomic mass is 19.1. The molecular formula is C19H22FN3O3. The molecule has 2 aromatic rings. The lowest BCUT2D eigenvalue weighted by Gasteiger charge is -2.35. The Hall–Kier alpha value is -2.44. The van der Waals surface area contributed by atoms with Crippen molar-refractivity contribution < 1.29 is 18.4 Å². The van der Waals surface area contributed by atoms with E-state index in [-0.39, 0.29) is 24.8 Å². The molecule has 0 N–H and O–H groups in total. The summed E-state index contributed by atoms with van der Waals surface area (Å²) in [7, 11) is 1.57. The van der Waals surface area contributed by atoms with Crippen LogP contribution in [-0.2, 0) is 5.67 Å². The van der Waals surface area contributed by atoms with E-state index in [1.54, 1.807) is 25.3 Å². The zero-order valence-electron chi connectivity index (χ0n) is 15.0. The third-order valence-electron chi connectivity index (χ3n) is 5.23. The van der Waals surface area contributed by atoms with Gasteiger partial charge in [-0.05, 0) is 44.7 Å². The highest BCUT2D eigenvalue weighted by molar-refractivity contribution is 5.96. The normalized spacial score (nSPS) is 23.1. The molecule has 2 aliphatic rings. The van der Waals surface area contributed by atoms with Crippen molar-refractivity contribution in [1.29, 1.82) is 0 Å². The summed E-state index contributed by atoms with van der Waals surface area (Å²) in [5, 5.41) is 3.92. The van der Waals surface area contributed by atoms with Crippen LogP contribution in [0.4, 0.5) is 4.39 Å². The van der Waals surface area contributed by atoms with Crippen molar-refractivity contribution >= 4 is 5.91 Å².